The molecule has 1 aliphatic heterocycles. The molecule has 1 fully saturated rings. The van der Waals surface area contributed by atoms with E-state index in [2.05, 4.69) is 10.1 Å². The van der Waals surface area contributed by atoms with Gasteiger partial charge in [-0.15, -0.1) is 0 Å². The fourth-order valence-electron chi connectivity index (χ4n) is 6.96. The number of pyridine rings is 1. The molecule has 1 aromatic heterocycles. The second-order valence-corrected chi connectivity index (χ2v) is 14.2. The van der Waals surface area contributed by atoms with Crippen molar-refractivity contribution in [3.8, 4) is 28.1 Å². The predicted molar refractivity (Wildman–Crippen MR) is 180 cm³/mol. The number of aryl methyl sites for hydroxylation is 1. The molecule has 0 spiro atoms. The van der Waals surface area contributed by atoms with Crippen molar-refractivity contribution in [2.75, 3.05) is 7.11 Å². The van der Waals surface area contributed by atoms with Crippen molar-refractivity contribution in [1.29, 1.82) is 0 Å². The highest BCUT2D eigenvalue weighted by Crippen LogP contribution is 2.51. The summed E-state index contributed by atoms with van der Waals surface area (Å²) in [5.74, 6) is -2.12. The van der Waals surface area contributed by atoms with E-state index in [9.17, 15) is 44.3 Å². The van der Waals surface area contributed by atoms with E-state index in [0.717, 1.165) is 12.1 Å². The molecule has 15 heteroatoms. The van der Waals surface area contributed by atoms with Gasteiger partial charge in [-0.05, 0) is 117 Å². The molecule has 3 unspecified atom stereocenters. The van der Waals surface area contributed by atoms with Crippen molar-refractivity contribution in [2.45, 2.75) is 76.7 Å². The van der Waals surface area contributed by atoms with Gasteiger partial charge in [0.15, 0.2) is 6.10 Å². The molecule has 3 aromatic carbocycles. The summed E-state index contributed by atoms with van der Waals surface area (Å²) >= 11 is 0. The number of hydrogen-bond acceptors (Lipinski definition) is 6. The molecule has 3 atom stereocenters. The fourth-order valence-corrected chi connectivity index (χ4v) is 6.96. The predicted octanol–water partition coefficient (Wildman–Crippen LogP) is 11.4. The average molecular weight is 765 g/mol. The third kappa shape index (κ3) is 7.76. The molecule has 0 amide bonds. The van der Waals surface area contributed by atoms with Crippen LogP contribution in [0.2, 0.25) is 0 Å². The van der Waals surface area contributed by atoms with Gasteiger partial charge in [-0.3, -0.25) is 0 Å². The first-order valence-corrected chi connectivity index (χ1v) is 16.7. The number of alkyl halides is 9. The van der Waals surface area contributed by atoms with Gasteiger partial charge in [-0.1, -0.05) is 17.3 Å². The second kappa shape index (κ2) is 13.6. The van der Waals surface area contributed by atoms with Crippen LogP contribution in [0.15, 0.2) is 72.0 Å². The Balaban J connectivity index is 1.41. The van der Waals surface area contributed by atoms with Crippen molar-refractivity contribution in [3.05, 3.63) is 106 Å². The number of benzene rings is 3. The minimum absolute atomic E-state index is 0.0129. The number of methoxy groups -OCH3 is 1. The minimum Gasteiger partial charge on any atom is -0.481 e. The molecule has 2 aliphatic rings. The number of aromatic nitrogens is 1. The summed E-state index contributed by atoms with van der Waals surface area (Å²) in [7, 11) is 1.34. The van der Waals surface area contributed by atoms with E-state index in [4.69, 9.17) is 14.3 Å². The fraction of sp³-hybridized carbons (Fsp3) is 0.359. The third-order valence-electron chi connectivity index (χ3n) is 9.34. The maximum Gasteiger partial charge on any atom is 0.416 e. The van der Waals surface area contributed by atoms with Crippen molar-refractivity contribution >= 4 is 11.7 Å². The van der Waals surface area contributed by atoms with Crippen LogP contribution in [0.5, 0.6) is 5.88 Å². The highest BCUT2D eigenvalue weighted by molar-refractivity contribution is 5.98. The summed E-state index contributed by atoms with van der Waals surface area (Å²) in [6.45, 7) is 7.00. The Labute approximate surface area is 303 Å². The average Bonchev–Trinajstić information content (AvgIpc) is 3.68. The van der Waals surface area contributed by atoms with Crippen LogP contribution in [0.4, 0.5) is 39.5 Å². The van der Waals surface area contributed by atoms with Crippen LogP contribution < -0.4 is 4.74 Å². The lowest BCUT2D eigenvalue weighted by Gasteiger charge is -2.21. The van der Waals surface area contributed by atoms with Crippen LogP contribution in [0.3, 0.4) is 0 Å². The normalized spacial score (nSPS) is 18.9. The van der Waals surface area contributed by atoms with E-state index in [1.165, 1.54) is 19.4 Å². The molecule has 0 saturated heterocycles. The van der Waals surface area contributed by atoms with Gasteiger partial charge in [-0.2, -0.15) is 39.5 Å². The topological polar surface area (TPSA) is 70.0 Å². The summed E-state index contributed by atoms with van der Waals surface area (Å²) in [5, 5.41) is 4.08. The lowest BCUT2D eigenvalue weighted by Crippen LogP contribution is -2.23. The molecular weight excluding hydrogens is 731 g/mol. The van der Waals surface area contributed by atoms with E-state index in [1.807, 2.05) is 0 Å². The van der Waals surface area contributed by atoms with Crippen molar-refractivity contribution in [2.24, 2.45) is 11.1 Å². The van der Waals surface area contributed by atoms with Crippen molar-refractivity contribution < 1.29 is 58.6 Å². The van der Waals surface area contributed by atoms with Gasteiger partial charge in [0, 0.05) is 29.2 Å². The number of halogens is 9. The molecule has 1 aliphatic carbocycles. The lowest BCUT2D eigenvalue weighted by atomic mass is 9.84. The Hall–Kier alpha value is -5.08. The summed E-state index contributed by atoms with van der Waals surface area (Å²) in [5.41, 5.74) is -2.03. The Morgan fingerprint density at radius 1 is 0.759 bits per heavy atom. The summed E-state index contributed by atoms with van der Waals surface area (Å²) in [6.07, 6.45) is -14.5. The Kier molecular flexibility index (Phi) is 9.77. The van der Waals surface area contributed by atoms with Gasteiger partial charge in [-0.25, -0.2) is 9.78 Å². The Morgan fingerprint density at radius 2 is 1.39 bits per heavy atom. The maximum atomic E-state index is 14.2. The monoisotopic (exact) mass is 764 g/mol. The van der Waals surface area contributed by atoms with Gasteiger partial charge in [0.05, 0.1) is 35.1 Å². The number of fused-ring (bicyclic) bond motifs is 1. The summed E-state index contributed by atoms with van der Waals surface area (Å²) in [6, 6.07) is 10.9. The molecule has 0 N–H and O–H groups in total. The van der Waals surface area contributed by atoms with E-state index >= 15 is 0 Å². The highest BCUT2D eigenvalue weighted by atomic mass is 19.4. The van der Waals surface area contributed by atoms with Crippen LogP contribution in [0.1, 0.15) is 89.4 Å². The largest absolute Gasteiger partial charge is 0.481 e. The van der Waals surface area contributed by atoms with E-state index < -0.39 is 70.3 Å². The molecule has 0 bridgehead atoms. The van der Waals surface area contributed by atoms with Gasteiger partial charge in [0.2, 0.25) is 5.88 Å². The molecule has 1 saturated carbocycles. The molecule has 6 rings (SSSR count). The zero-order valence-electron chi connectivity index (χ0n) is 29.4. The van der Waals surface area contributed by atoms with Gasteiger partial charge >= 0.3 is 24.5 Å². The second-order valence-electron chi connectivity index (χ2n) is 14.2. The van der Waals surface area contributed by atoms with E-state index in [-0.39, 0.29) is 41.6 Å². The SMILES string of the molecule is COc1ncc(-c2ccc(C(=O)OC(C)(C)C)cc2C)cc1-c1ccc(C(F)(F)F)cc1C1CCC2C1=NOC2c1cc(C(F)(F)F)cc(C(F)(F)F)c1. The molecule has 6 nitrogen and oxygen atoms in total. The van der Waals surface area contributed by atoms with Crippen molar-refractivity contribution in [3.63, 3.8) is 0 Å². The summed E-state index contributed by atoms with van der Waals surface area (Å²) < 4.78 is 136. The van der Waals surface area contributed by atoms with Crippen LogP contribution in [-0.4, -0.2) is 29.4 Å². The first-order chi connectivity index (χ1) is 25.0. The first-order valence-electron chi connectivity index (χ1n) is 16.7. The van der Waals surface area contributed by atoms with Crippen LogP contribution in [0.25, 0.3) is 22.3 Å². The van der Waals surface area contributed by atoms with E-state index in [0.29, 0.717) is 39.9 Å². The smallest absolute Gasteiger partial charge is 0.416 e. The van der Waals surface area contributed by atoms with Gasteiger partial charge in [0.1, 0.15) is 5.60 Å². The molecule has 4 aromatic rings. The van der Waals surface area contributed by atoms with Crippen LogP contribution >= 0.6 is 0 Å². The van der Waals surface area contributed by atoms with Crippen LogP contribution in [-0.2, 0) is 28.1 Å². The highest BCUT2D eigenvalue weighted by Gasteiger charge is 2.47. The Morgan fingerprint density at radius 3 is 1.96 bits per heavy atom. The Bertz CT molecular complexity index is 2100. The number of hydrogen-bond donors (Lipinski definition) is 0. The van der Waals surface area contributed by atoms with Crippen LogP contribution in [0, 0.1) is 12.8 Å². The number of carbonyl (C=O) groups is 1. The number of rotatable bonds is 6. The quantitative estimate of drug-likeness (QED) is 0.144. The number of ether oxygens (including phenoxy) is 2. The van der Waals surface area contributed by atoms with Crippen molar-refractivity contribution in [1.82, 2.24) is 4.98 Å². The lowest BCUT2D eigenvalue weighted by molar-refractivity contribution is -0.143. The number of nitrogens with zero attached hydrogens (tertiary/aromatic N) is 2. The molecule has 2 heterocycles. The number of oxime groups is 1. The molecule has 0 radical (unpaired) electrons. The first kappa shape index (κ1) is 38.6. The van der Waals surface area contributed by atoms with E-state index in [1.54, 1.807) is 52.0 Å². The maximum absolute atomic E-state index is 14.2. The molecular formula is C39H33F9N2O4. The number of carbonyl (C=O) groups excluding carboxylic acids is 1. The van der Waals surface area contributed by atoms with Gasteiger partial charge in [0.25, 0.3) is 0 Å². The zero-order chi connectivity index (χ0) is 39.5. The van der Waals surface area contributed by atoms with Gasteiger partial charge < -0.3 is 14.3 Å². The third-order valence-corrected chi connectivity index (χ3v) is 9.34. The molecule has 54 heavy (non-hydrogen) atoms. The zero-order valence-corrected chi connectivity index (χ0v) is 29.4. The number of esters is 1. The standard InChI is InChI=1S/C39H33F9N2O4/c1-19-12-20(35(51)53-36(2,3)4)6-8-26(19)22-15-31(34(52-5)49-18-22)27-9-7-23(37(40,41)42)17-30(27)28-10-11-29-32(28)50-54-33(29)21-13-24(38(43,44)45)16-25(14-21)39(46,47)48/h6-9,12-18,28-29,33H,10-11H2,1-5H3. The minimum atomic E-state index is -5.09. The molecule has 286 valence electrons. The summed E-state index contributed by atoms with van der Waals surface area (Å²) in [4.78, 5) is 22.6.